The van der Waals surface area contributed by atoms with Crippen LogP contribution in [-0.2, 0) is 14.3 Å². The Morgan fingerprint density at radius 1 is 1.24 bits per heavy atom. The van der Waals surface area contributed by atoms with Gasteiger partial charge < -0.3 is 19.6 Å². The van der Waals surface area contributed by atoms with E-state index in [-0.39, 0.29) is 40.5 Å². The summed E-state index contributed by atoms with van der Waals surface area (Å²) in [6, 6.07) is 1.66. The number of rotatable bonds is 5. The van der Waals surface area contributed by atoms with Crippen molar-refractivity contribution in [2.75, 3.05) is 37.7 Å². The van der Waals surface area contributed by atoms with Crippen LogP contribution in [0.2, 0.25) is 0 Å². The van der Waals surface area contributed by atoms with Crippen molar-refractivity contribution in [2.45, 2.75) is 46.5 Å². The molecule has 7 nitrogen and oxygen atoms in total. The molecule has 33 heavy (non-hydrogen) atoms. The third-order valence-electron chi connectivity index (χ3n) is 6.83. The molecule has 2 aliphatic heterocycles. The first-order chi connectivity index (χ1) is 15.7. The van der Waals surface area contributed by atoms with Crippen LogP contribution in [0.15, 0.2) is 6.07 Å². The first-order valence-electron chi connectivity index (χ1n) is 11.7. The molecule has 3 heterocycles. The fourth-order valence-corrected chi connectivity index (χ4v) is 5.63. The van der Waals surface area contributed by atoms with Gasteiger partial charge in [-0.05, 0) is 37.7 Å². The minimum absolute atomic E-state index is 0.0563. The van der Waals surface area contributed by atoms with Gasteiger partial charge in [0.25, 0.3) is 0 Å². The second-order valence-electron chi connectivity index (χ2n) is 10.2. The number of carboxylic acids is 1. The highest BCUT2D eigenvalue weighted by Gasteiger charge is 2.51. The third kappa shape index (κ3) is 5.10. The van der Waals surface area contributed by atoms with Crippen LogP contribution in [0.3, 0.4) is 0 Å². The van der Waals surface area contributed by atoms with Crippen molar-refractivity contribution < 1.29 is 24.2 Å². The lowest BCUT2D eigenvalue weighted by atomic mass is 9.78. The fourth-order valence-electron chi connectivity index (χ4n) is 4.77. The number of anilines is 1. The smallest absolute Gasteiger partial charge is 0.348 e. The number of hydrogen-bond acceptors (Lipinski definition) is 5. The maximum atomic E-state index is 13.6. The third-order valence-corrected chi connectivity index (χ3v) is 7.86. The summed E-state index contributed by atoms with van der Waals surface area (Å²) in [5.74, 6) is 5.20. The Hall–Kier alpha value is -2.37. The molecule has 2 saturated heterocycles. The molecule has 1 aromatic heterocycles. The number of hydrogen-bond donors (Lipinski definition) is 1. The standard InChI is InChI=1S/C25H32N2O5S/c1-16(2)4-9-19-10-20(22(33-19)24(30)31)27(23(29)18-7-5-17(3)6-8-18)11-21(28)26-12-25(13-26)14-32-15-25/h10,16-18H,5-8,11-15H2,1-3H3,(H,30,31). The van der Waals surface area contributed by atoms with Crippen LogP contribution in [0.5, 0.6) is 0 Å². The average Bonchev–Trinajstić information content (AvgIpc) is 3.13. The van der Waals surface area contributed by atoms with Gasteiger partial charge in [0.2, 0.25) is 11.8 Å². The van der Waals surface area contributed by atoms with Crippen LogP contribution in [0.4, 0.5) is 5.69 Å². The number of amides is 2. The molecule has 1 spiro atoms. The van der Waals surface area contributed by atoms with E-state index in [0.717, 1.165) is 37.0 Å². The number of aromatic carboxylic acids is 1. The van der Waals surface area contributed by atoms with Gasteiger partial charge in [-0.1, -0.05) is 32.6 Å². The number of ether oxygens (including phenoxy) is 1. The molecule has 0 atom stereocenters. The van der Waals surface area contributed by atoms with E-state index in [0.29, 0.717) is 42.8 Å². The van der Waals surface area contributed by atoms with Gasteiger partial charge in [0, 0.05) is 24.9 Å². The van der Waals surface area contributed by atoms with Gasteiger partial charge in [-0.15, -0.1) is 11.3 Å². The fraction of sp³-hybridized carbons (Fsp3) is 0.640. The largest absolute Gasteiger partial charge is 0.477 e. The maximum absolute atomic E-state index is 13.6. The number of nitrogens with zero attached hydrogens (tertiary/aromatic N) is 2. The minimum atomic E-state index is -1.11. The molecule has 2 amide bonds. The highest BCUT2D eigenvalue weighted by atomic mass is 32.1. The summed E-state index contributed by atoms with van der Waals surface area (Å²) < 4.78 is 5.29. The summed E-state index contributed by atoms with van der Waals surface area (Å²) in [5.41, 5.74) is 0.373. The van der Waals surface area contributed by atoms with Gasteiger partial charge >= 0.3 is 5.97 Å². The number of carbonyl (C=O) groups is 3. The molecular weight excluding hydrogens is 440 g/mol. The van der Waals surface area contributed by atoms with E-state index in [2.05, 4.69) is 18.8 Å². The van der Waals surface area contributed by atoms with E-state index >= 15 is 0 Å². The monoisotopic (exact) mass is 472 g/mol. The van der Waals surface area contributed by atoms with Crippen LogP contribution in [0, 0.1) is 35.0 Å². The first-order valence-corrected chi connectivity index (χ1v) is 12.5. The van der Waals surface area contributed by atoms with Gasteiger partial charge in [0.1, 0.15) is 11.4 Å². The van der Waals surface area contributed by atoms with Gasteiger partial charge in [0.05, 0.1) is 29.2 Å². The quantitative estimate of drug-likeness (QED) is 0.663. The van der Waals surface area contributed by atoms with Gasteiger partial charge in [0.15, 0.2) is 0 Å². The lowest BCUT2D eigenvalue weighted by molar-refractivity contribution is -0.194. The van der Waals surface area contributed by atoms with E-state index in [1.54, 1.807) is 11.0 Å². The van der Waals surface area contributed by atoms with Crippen molar-refractivity contribution in [3.8, 4) is 11.8 Å². The van der Waals surface area contributed by atoms with Gasteiger partial charge in [-0.25, -0.2) is 4.79 Å². The summed E-state index contributed by atoms with van der Waals surface area (Å²) in [6.45, 7) is 8.58. The number of likely N-dealkylation sites (tertiary alicyclic amines) is 1. The molecule has 0 aromatic carbocycles. The zero-order valence-electron chi connectivity index (χ0n) is 19.6. The lowest BCUT2D eigenvalue weighted by Crippen LogP contribution is -2.68. The minimum Gasteiger partial charge on any atom is -0.477 e. The zero-order chi connectivity index (χ0) is 23.8. The molecule has 3 fully saturated rings. The topological polar surface area (TPSA) is 87.2 Å². The molecule has 0 bridgehead atoms. The zero-order valence-corrected chi connectivity index (χ0v) is 20.4. The van der Waals surface area contributed by atoms with E-state index in [4.69, 9.17) is 4.74 Å². The predicted molar refractivity (Wildman–Crippen MR) is 126 cm³/mol. The second-order valence-corrected chi connectivity index (χ2v) is 11.2. The number of carboxylic acid groups (broad SMARTS) is 1. The number of thiophene rings is 1. The first kappa shape index (κ1) is 23.8. The summed E-state index contributed by atoms with van der Waals surface area (Å²) in [7, 11) is 0. The van der Waals surface area contributed by atoms with Crippen LogP contribution >= 0.6 is 11.3 Å². The van der Waals surface area contributed by atoms with Gasteiger partial charge in [-0.3, -0.25) is 9.59 Å². The summed E-state index contributed by atoms with van der Waals surface area (Å²) in [6.07, 6.45) is 3.46. The van der Waals surface area contributed by atoms with Crippen molar-refractivity contribution in [3.63, 3.8) is 0 Å². The Labute approximate surface area is 199 Å². The molecule has 1 N–H and O–H groups in total. The van der Waals surface area contributed by atoms with Crippen LogP contribution in [0.25, 0.3) is 0 Å². The van der Waals surface area contributed by atoms with Crippen molar-refractivity contribution in [1.82, 2.24) is 4.90 Å². The van der Waals surface area contributed by atoms with Crippen LogP contribution in [0.1, 0.15) is 61.0 Å². The molecule has 0 radical (unpaired) electrons. The Morgan fingerprint density at radius 3 is 2.45 bits per heavy atom. The highest BCUT2D eigenvalue weighted by Crippen LogP contribution is 2.39. The normalized spacial score (nSPS) is 23.3. The van der Waals surface area contributed by atoms with E-state index < -0.39 is 5.97 Å². The summed E-state index contributed by atoms with van der Waals surface area (Å²) in [5, 5.41) is 9.86. The maximum Gasteiger partial charge on any atom is 0.348 e. The second kappa shape index (κ2) is 9.47. The van der Waals surface area contributed by atoms with Crippen molar-refractivity contribution in [3.05, 3.63) is 15.8 Å². The molecule has 1 aromatic rings. The Balaban J connectivity index is 1.60. The van der Waals surface area contributed by atoms with Crippen LogP contribution in [-0.4, -0.2) is 60.6 Å². The van der Waals surface area contributed by atoms with Crippen molar-refractivity contribution in [2.24, 2.45) is 23.2 Å². The molecule has 3 aliphatic rings. The molecule has 178 valence electrons. The molecule has 4 rings (SSSR count). The lowest BCUT2D eigenvalue weighted by Gasteiger charge is -2.55. The molecular formula is C25H32N2O5S. The van der Waals surface area contributed by atoms with Crippen molar-refractivity contribution in [1.29, 1.82) is 0 Å². The van der Waals surface area contributed by atoms with E-state index in [1.165, 1.54) is 4.90 Å². The summed E-state index contributed by atoms with van der Waals surface area (Å²) in [4.78, 5) is 42.6. The molecule has 0 unspecified atom stereocenters. The predicted octanol–water partition coefficient (Wildman–Crippen LogP) is 3.47. The van der Waals surface area contributed by atoms with E-state index in [9.17, 15) is 19.5 Å². The Kier molecular flexibility index (Phi) is 6.83. The number of carbonyl (C=O) groups excluding carboxylic acids is 2. The van der Waals surface area contributed by atoms with E-state index in [1.807, 2.05) is 13.8 Å². The molecule has 8 heteroatoms. The molecule has 1 saturated carbocycles. The SMILES string of the molecule is CC(C)C#Cc1cc(N(CC(=O)N2CC3(COC3)C2)C(=O)C2CCC(C)CC2)c(C(=O)O)s1. The summed E-state index contributed by atoms with van der Waals surface area (Å²) >= 11 is 1.06. The highest BCUT2D eigenvalue weighted by molar-refractivity contribution is 7.15. The van der Waals surface area contributed by atoms with Crippen molar-refractivity contribution >= 4 is 34.8 Å². The Bertz CT molecular complexity index is 984. The van der Waals surface area contributed by atoms with Gasteiger partial charge in [-0.2, -0.15) is 0 Å². The van der Waals surface area contributed by atoms with Crippen LogP contribution < -0.4 is 4.90 Å². The Morgan fingerprint density at radius 2 is 1.91 bits per heavy atom. The molecule has 1 aliphatic carbocycles. The average molecular weight is 473 g/mol.